The molecule has 0 spiro atoms. The molecule has 2 N–H and O–H groups in total. The van der Waals surface area contributed by atoms with Crippen molar-refractivity contribution in [3.63, 3.8) is 0 Å². The summed E-state index contributed by atoms with van der Waals surface area (Å²) in [6.07, 6.45) is 3.25. The molecule has 2 aromatic carbocycles. The first kappa shape index (κ1) is 18.0. The van der Waals surface area contributed by atoms with Crippen molar-refractivity contribution in [3.05, 3.63) is 88.2 Å². The predicted octanol–water partition coefficient (Wildman–Crippen LogP) is 5.22. The van der Waals surface area contributed by atoms with Crippen molar-refractivity contribution in [1.82, 2.24) is 4.98 Å². The summed E-state index contributed by atoms with van der Waals surface area (Å²) in [7, 11) is 0. The maximum atomic E-state index is 12.5. The minimum Gasteiger partial charge on any atom is -0.380 e. The monoisotopic (exact) mass is 365 g/mol. The third-order valence-corrected chi connectivity index (χ3v) is 4.50. The van der Waals surface area contributed by atoms with Gasteiger partial charge in [0.25, 0.3) is 5.91 Å². The Kier molecular flexibility index (Phi) is 5.54. The van der Waals surface area contributed by atoms with Gasteiger partial charge in [0.2, 0.25) is 0 Å². The number of rotatable bonds is 5. The van der Waals surface area contributed by atoms with Gasteiger partial charge in [-0.2, -0.15) is 0 Å². The topological polar surface area (TPSA) is 54.0 Å². The maximum absolute atomic E-state index is 12.5. The molecule has 0 aliphatic heterocycles. The normalized spacial score (nSPS) is 10.4. The quantitative estimate of drug-likeness (QED) is 0.652. The summed E-state index contributed by atoms with van der Waals surface area (Å²) in [6, 6.07) is 15.5. The number of anilines is 2. The second kappa shape index (κ2) is 8.02. The van der Waals surface area contributed by atoms with Gasteiger partial charge in [0.15, 0.2) is 0 Å². The molecule has 4 nitrogen and oxygen atoms in total. The summed E-state index contributed by atoms with van der Waals surface area (Å²) in [4.78, 5) is 16.7. The number of benzene rings is 2. The van der Waals surface area contributed by atoms with E-state index in [-0.39, 0.29) is 5.91 Å². The number of aryl methyl sites for hydroxylation is 1. The van der Waals surface area contributed by atoms with Crippen molar-refractivity contribution in [2.75, 3.05) is 10.6 Å². The maximum Gasteiger partial charge on any atom is 0.257 e. The van der Waals surface area contributed by atoms with E-state index < -0.39 is 0 Å². The van der Waals surface area contributed by atoms with Crippen LogP contribution in [0.25, 0.3) is 0 Å². The van der Waals surface area contributed by atoms with Crippen molar-refractivity contribution < 1.29 is 4.79 Å². The van der Waals surface area contributed by atoms with E-state index in [9.17, 15) is 4.79 Å². The molecule has 132 valence electrons. The van der Waals surface area contributed by atoms with Crippen LogP contribution in [-0.2, 0) is 6.54 Å². The molecule has 0 aliphatic rings. The molecule has 0 saturated carbocycles. The van der Waals surface area contributed by atoms with Gasteiger partial charge in [0, 0.05) is 29.6 Å². The molecule has 1 aromatic heterocycles. The number of carbonyl (C=O) groups excluding carboxylic acids is 1. The van der Waals surface area contributed by atoms with E-state index in [1.54, 1.807) is 24.5 Å². The fourth-order valence-electron chi connectivity index (χ4n) is 2.62. The van der Waals surface area contributed by atoms with E-state index in [0.29, 0.717) is 22.8 Å². The van der Waals surface area contributed by atoms with Crippen molar-refractivity contribution in [2.24, 2.45) is 0 Å². The second-order valence-corrected chi connectivity index (χ2v) is 6.58. The average Bonchev–Trinajstić information content (AvgIpc) is 2.64. The van der Waals surface area contributed by atoms with Crippen LogP contribution < -0.4 is 10.6 Å². The first-order valence-electron chi connectivity index (χ1n) is 8.34. The molecular weight excluding hydrogens is 346 g/mol. The molecule has 1 amide bonds. The minimum atomic E-state index is -0.220. The summed E-state index contributed by atoms with van der Waals surface area (Å²) in [6.45, 7) is 4.60. The number of pyridine rings is 1. The van der Waals surface area contributed by atoms with E-state index in [2.05, 4.69) is 40.7 Å². The lowest BCUT2D eigenvalue weighted by atomic mass is 10.1. The smallest absolute Gasteiger partial charge is 0.257 e. The first-order valence-corrected chi connectivity index (χ1v) is 8.71. The molecule has 0 bridgehead atoms. The molecule has 0 aliphatic carbocycles. The Bertz CT molecular complexity index is 940. The molecule has 5 heteroatoms. The van der Waals surface area contributed by atoms with Crippen LogP contribution >= 0.6 is 11.6 Å². The standard InChI is InChI=1S/C21H20ClN3O/c1-14-5-3-6-16(9-14)11-24-18-10-17(12-23-13-18)21(26)25-20-8-4-7-19(22)15(20)2/h3-10,12-13,24H,11H2,1-2H3,(H,25,26). The van der Waals surface area contributed by atoms with E-state index in [1.807, 2.05) is 25.1 Å². The Labute approximate surface area is 158 Å². The molecule has 3 aromatic rings. The highest BCUT2D eigenvalue weighted by Crippen LogP contribution is 2.23. The number of hydrogen-bond acceptors (Lipinski definition) is 3. The van der Waals surface area contributed by atoms with Crippen molar-refractivity contribution in [1.29, 1.82) is 0 Å². The van der Waals surface area contributed by atoms with Gasteiger partial charge >= 0.3 is 0 Å². The molecular formula is C21H20ClN3O. The van der Waals surface area contributed by atoms with Crippen LogP contribution in [0.3, 0.4) is 0 Å². The van der Waals surface area contributed by atoms with Gasteiger partial charge in [0.05, 0.1) is 11.3 Å². The van der Waals surface area contributed by atoms with Crippen molar-refractivity contribution in [2.45, 2.75) is 20.4 Å². The fourth-order valence-corrected chi connectivity index (χ4v) is 2.80. The molecule has 0 radical (unpaired) electrons. The van der Waals surface area contributed by atoms with Crippen LogP contribution in [0.5, 0.6) is 0 Å². The summed E-state index contributed by atoms with van der Waals surface area (Å²) >= 11 is 6.11. The van der Waals surface area contributed by atoms with Crippen LogP contribution in [0, 0.1) is 13.8 Å². The molecule has 0 saturated heterocycles. The number of nitrogens with zero attached hydrogens (tertiary/aromatic N) is 1. The number of aromatic nitrogens is 1. The van der Waals surface area contributed by atoms with Gasteiger partial charge in [-0.1, -0.05) is 47.5 Å². The third-order valence-electron chi connectivity index (χ3n) is 4.10. The van der Waals surface area contributed by atoms with Crippen LogP contribution in [0.2, 0.25) is 5.02 Å². The van der Waals surface area contributed by atoms with Crippen molar-refractivity contribution >= 4 is 28.9 Å². The van der Waals surface area contributed by atoms with Gasteiger partial charge in [-0.15, -0.1) is 0 Å². The molecule has 0 atom stereocenters. The van der Waals surface area contributed by atoms with Crippen LogP contribution in [-0.4, -0.2) is 10.9 Å². The Balaban J connectivity index is 1.70. The molecule has 3 rings (SSSR count). The predicted molar refractivity (Wildman–Crippen MR) is 107 cm³/mol. The largest absolute Gasteiger partial charge is 0.380 e. The Hall–Kier alpha value is -2.85. The zero-order valence-corrected chi connectivity index (χ0v) is 15.5. The fraction of sp³-hybridized carbons (Fsp3) is 0.143. The second-order valence-electron chi connectivity index (χ2n) is 6.17. The number of carbonyl (C=O) groups is 1. The highest BCUT2D eigenvalue weighted by atomic mass is 35.5. The Morgan fingerprint density at radius 2 is 1.88 bits per heavy atom. The molecule has 1 heterocycles. The summed E-state index contributed by atoms with van der Waals surface area (Å²) in [5.41, 5.74) is 5.20. The highest BCUT2D eigenvalue weighted by Gasteiger charge is 2.10. The van der Waals surface area contributed by atoms with Crippen LogP contribution in [0.15, 0.2) is 60.9 Å². The van der Waals surface area contributed by atoms with E-state index in [4.69, 9.17) is 11.6 Å². The van der Waals surface area contributed by atoms with Gasteiger partial charge in [-0.05, 0) is 43.2 Å². The van der Waals surface area contributed by atoms with Gasteiger partial charge in [0.1, 0.15) is 0 Å². The van der Waals surface area contributed by atoms with E-state index in [1.165, 1.54) is 11.1 Å². The van der Waals surface area contributed by atoms with Gasteiger partial charge < -0.3 is 10.6 Å². The Morgan fingerprint density at radius 3 is 2.69 bits per heavy atom. The van der Waals surface area contributed by atoms with E-state index in [0.717, 1.165) is 11.3 Å². The lowest BCUT2D eigenvalue weighted by molar-refractivity contribution is 0.102. The molecule has 26 heavy (non-hydrogen) atoms. The average molecular weight is 366 g/mol. The molecule has 0 fully saturated rings. The van der Waals surface area contributed by atoms with Gasteiger partial charge in [-0.3, -0.25) is 9.78 Å². The summed E-state index contributed by atoms with van der Waals surface area (Å²) in [5.74, 6) is -0.220. The third kappa shape index (κ3) is 4.41. The highest BCUT2D eigenvalue weighted by molar-refractivity contribution is 6.31. The lowest BCUT2D eigenvalue weighted by Gasteiger charge is -2.11. The zero-order chi connectivity index (χ0) is 18.5. The lowest BCUT2D eigenvalue weighted by Crippen LogP contribution is -2.13. The summed E-state index contributed by atoms with van der Waals surface area (Å²) < 4.78 is 0. The van der Waals surface area contributed by atoms with Crippen LogP contribution in [0.1, 0.15) is 27.0 Å². The van der Waals surface area contributed by atoms with E-state index >= 15 is 0 Å². The molecule has 0 unspecified atom stereocenters. The Morgan fingerprint density at radius 1 is 1.08 bits per heavy atom. The minimum absolute atomic E-state index is 0.220. The number of nitrogens with one attached hydrogen (secondary N) is 2. The number of amides is 1. The SMILES string of the molecule is Cc1cccc(CNc2cncc(C(=O)Nc3cccc(Cl)c3C)c2)c1. The first-order chi connectivity index (χ1) is 12.5. The summed E-state index contributed by atoms with van der Waals surface area (Å²) in [5, 5.41) is 6.81. The number of hydrogen-bond donors (Lipinski definition) is 2. The number of halogens is 1. The van der Waals surface area contributed by atoms with Crippen molar-refractivity contribution in [3.8, 4) is 0 Å². The van der Waals surface area contributed by atoms with Gasteiger partial charge in [-0.25, -0.2) is 0 Å². The zero-order valence-electron chi connectivity index (χ0n) is 14.7. The van der Waals surface area contributed by atoms with Crippen LogP contribution in [0.4, 0.5) is 11.4 Å².